The summed E-state index contributed by atoms with van der Waals surface area (Å²) in [6, 6.07) is 14.2. The predicted molar refractivity (Wildman–Crippen MR) is 145 cm³/mol. The topological polar surface area (TPSA) is 86.8 Å². The molecule has 1 N–H and O–H groups in total. The molecule has 2 amide bonds. The van der Waals surface area contributed by atoms with E-state index in [2.05, 4.69) is 21.2 Å². The third kappa shape index (κ3) is 8.65. The number of carbonyl (C=O) groups is 2. The van der Waals surface area contributed by atoms with Crippen LogP contribution < -0.4 is 9.62 Å². The summed E-state index contributed by atoms with van der Waals surface area (Å²) < 4.78 is 27.2. The number of carbonyl (C=O) groups excluding carboxylic acids is 2. The minimum absolute atomic E-state index is 0.00649. The molecule has 0 aromatic heterocycles. The second-order valence-electron chi connectivity index (χ2n) is 8.87. The molecule has 0 spiro atoms. The lowest BCUT2D eigenvalue weighted by molar-refractivity contribution is -0.140. The fourth-order valence-electron chi connectivity index (χ4n) is 3.66. The third-order valence-electron chi connectivity index (χ3n) is 5.97. The van der Waals surface area contributed by atoms with Gasteiger partial charge in [-0.3, -0.25) is 13.9 Å². The number of aryl methyl sites for hydroxylation is 1. The molecular weight excluding hydrogens is 530 g/mol. The van der Waals surface area contributed by atoms with Gasteiger partial charge in [0.05, 0.1) is 11.9 Å². The zero-order chi connectivity index (χ0) is 26.2. The highest BCUT2D eigenvalue weighted by molar-refractivity contribution is 9.10. The normalized spacial score (nSPS) is 13.1. The van der Waals surface area contributed by atoms with Crippen molar-refractivity contribution in [2.45, 2.75) is 65.6 Å². The fourth-order valence-corrected chi connectivity index (χ4v) is 4.95. The molecule has 0 saturated heterocycles. The van der Waals surface area contributed by atoms with Crippen LogP contribution in [-0.2, 0) is 26.2 Å². The lowest BCUT2D eigenvalue weighted by Crippen LogP contribution is -2.49. The van der Waals surface area contributed by atoms with Crippen molar-refractivity contribution in [1.29, 1.82) is 0 Å². The van der Waals surface area contributed by atoms with Crippen LogP contribution in [0.4, 0.5) is 5.69 Å². The smallest absolute Gasteiger partial charge is 0.242 e. The van der Waals surface area contributed by atoms with Gasteiger partial charge in [0.25, 0.3) is 0 Å². The Hall–Kier alpha value is -2.39. The largest absolute Gasteiger partial charge is 0.352 e. The molecule has 0 aliphatic carbocycles. The van der Waals surface area contributed by atoms with Gasteiger partial charge >= 0.3 is 0 Å². The molecule has 2 atom stereocenters. The molecule has 0 bridgehead atoms. The summed E-state index contributed by atoms with van der Waals surface area (Å²) in [5, 5.41) is 2.95. The molecule has 0 saturated carbocycles. The number of anilines is 1. The van der Waals surface area contributed by atoms with Gasteiger partial charge in [0.15, 0.2) is 0 Å². The van der Waals surface area contributed by atoms with E-state index in [1.54, 1.807) is 24.0 Å². The molecule has 0 unspecified atom stereocenters. The zero-order valence-corrected chi connectivity index (χ0v) is 23.5. The van der Waals surface area contributed by atoms with Crippen LogP contribution in [0.5, 0.6) is 0 Å². The van der Waals surface area contributed by atoms with Crippen molar-refractivity contribution in [2.75, 3.05) is 17.1 Å². The molecule has 2 aromatic carbocycles. The first-order valence-electron chi connectivity index (χ1n) is 11.8. The molecule has 0 aliphatic heterocycles. The summed E-state index contributed by atoms with van der Waals surface area (Å²) in [6.45, 7) is 7.96. The number of amides is 2. The number of sulfonamides is 1. The lowest BCUT2D eigenvalue weighted by atomic mass is 10.1. The molecule has 0 aliphatic rings. The maximum absolute atomic E-state index is 13.3. The van der Waals surface area contributed by atoms with Crippen molar-refractivity contribution in [3.8, 4) is 0 Å². The summed E-state index contributed by atoms with van der Waals surface area (Å²) in [5.41, 5.74) is 2.36. The van der Waals surface area contributed by atoms with Gasteiger partial charge in [-0.2, -0.15) is 0 Å². The van der Waals surface area contributed by atoms with Crippen LogP contribution in [0.3, 0.4) is 0 Å². The van der Waals surface area contributed by atoms with Crippen molar-refractivity contribution < 1.29 is 18.0 Å². The SMILES string of the molecule is CC[C@@H](C)NC(=O)[C@@H](C)N(Cc1ccc(Br)cc1)C(=O)CCCN(c1ccccc1C)S(C)(=O)=O. The van der Waals surface area contributed by atoms with Crippen LogP contribution in [0.1, 0.15) is 51.2 Å². The average Bonchev–Trinajstić information content (AvgIpc) is 2.80. The number of nitrogens with one attached hydrogen (secondary N) is 1. The van der Waals surface area contributed by atoms with E-state index < -0.39 is 16.1 Å². The molecule has 192 valence electrons. The minimum Gasteiger partial charge on any atom is -0.352 e. The number of para-hydroxylation sites is 1. The maximum Gasteiger partial charge on any atom is 0.242 e. The first-order chi connectivity index (χ1) is 16.4. The fraction of sp³-hybridized carbons (Fsp3) is 0.462. The number of nitrogens with zero attached hydrogens (tertiary/aromatic N) is 2. The lowest BCUT2D eigenvalue weighted by Gasteiger charge is -2.30. The molecule has 0 fully saturated rings. The Morgan fingerprint density at radius 2 is 1.69 bits per heavy atom. The van der Waals surface area contributed by atoms with E-state index in [0.717, 1.165) is 22.0 Å². The van der Waals surface area contributed by atoms with E-state index in [9.17, 15) is 18.0 Å². The van der Waals surface area contributed by atoms with E-state index in [4.69, 9.17) is 0 Å². The van der Waals surface area contributed by atoms with E-state index >= 15 is 0 Å². The summed E-state index contributed by atoms with van der Waals surface area (Å²) >= 11 is 3.42. The Morgan fingerprint density at radius 1 is 1.06 bits per heavy atom. The molecule has 2 aromatic rings. The van der Waals surface area contributed by atoms with Gasteiger partial charge in [-0.05, 0) is 62.9 Å². The van der Waals surface area contributed by atoms with Gasteiger partial charge in [0.2, 0.25) is 21.8 Å². The summed E-state index contributed by atoms with van der Waals surface area (Å²) in [5.74, 6) is -0.402. The predicted octanol–water partition coefficient (Wildman–Crippen LogP) is 4.64. The standard InChI is InChI=1S/C26H36BrN3O4S/c1-6-20(3)28-26(32)21(4)29(18-22-13-15-23(27)16-14-22)25(31)12-9-17-30(35(5,33)34)24-11-8-7-10-19(24)2/h7-8,10-11,13-16,20-21H,6,9,12,17-18H2,1-5H3,(H,28,32)/t20-,21-/m1/s1. The number of hydrogen-bond donors (Lipinski definition) is 1. The van der Waals surface area contributed by atoms with E-state index in [-0.39, 0.29) is 37.4 Å². The minimum atomic E-state index is -3.52. The highest BCUT2D eigenvalue weighted by Crippen LogP contribution is 2.23. The van der Waals surface area contributed by atoms with Crippen LogP contribution in [0.15, 0.2) is 53.0 Å². The number of halogens is 1. The Labute approximate surface area is 218 Å². The first kappa shape index (κ1) is 28.8. The highest BCUT2D eigenvalue weighted by atomic mass is 79.9. The van der Waals surface area contributed by atoms with Crippen LogP contribution >= 0.6 is 15.9 Å². The van der Waals surface area contributed by atoms with E-state index in [0.29, 0.717) is 12.1 Å². The van der Waals surface area contributed by atoms with Crippen LogP contribution in [-0.4, -0.2) is 50.0 Å². The number of rotatable bonds is 12. The Morgan fingerprint density at radius 3 is 2.26 bits per heavy atom. The summed E-state index contributed by atoms with van der Waals surface area (Å²) in [4.78, 5) is 27.7. The Balaban J connectivity index is 2.17. The quantitative estimate of drug-likeness (QED) is 0.406. The second-order valence-corrected chi connectivity index (χ2v) is 11.7. The first-order valence-corrected chi connectivity index (χ1v) is 14.5. The molecule has 0 heterocycles. The van der Waals surface area contributed by atoms with Gasteiger partial charge in [0.1, 0.15) is 6.04 Å². The Kier molecular flexibility index (Phi) is 10.8. The second kappa shape index (κ2) is 13.1. The molecule has 9 heteroatoms. The third-order valence-corrected chi connectivity index (χ3v) is 7.68. The molecule has 2 rings (SSSR count). The van der Waals surface area contributed by atoms with Gasteiger partial charge in [-0.25, -0.2) is 8.42 Å². The molecule has 35 heavy (non-hydrogen) atoms. The zero-order valence-electron chi connectivity index (χ0n) is 21.1. The van der Waals surface area contributed by atoms with E-state index in [1.807, 2.05) is 57.2 Å². The molecule has 7 nitrogen and oxygen atoms in total. The average molecular weight is 567 g/mol. The monoisotopic (exact) mass is 565 g/mol. The molecule has 0 radical (unpaired) electrons. The highest BCUT2D eigenvalue weighted by Gasteiger charge is 2.27. The van der Waals surface area contributed by atoms with Crippen molar-refractivity contribution >= 4 is 43.5 Å². The number of hydrogen-bond acceptors (Lipinski definition) is 4. The van der Waals surface area contributed by atoms with Crippen LogP contribution in [0.2, 0.25) is 0 Å². The van der Waals surface area contributed by atoms with Crippen molar-refractivity contribution in [1.82, 2.24) is 10.2 Å². The summed E-state index contributed by atoms with van der Waals surface area (Å²) in [6.07, 6.45) is 2.41. The van der Waals surface area contributed by atoms with Crippen molar-refractivity contribution in [3.05, 3.63) is 64.1 Å². The van der Waals surface area contributed by atoms with Gasteiger partial charge in [0, 0.05) is 30.0 Å². The van der Waals surface area contributed by atoms with E-state index in [1.165, 1.54) is 10.6 Å². The number of benzene rings is 2. The van der Waals surface area contributed by atoms with Gasteiger partial charge in [-0.1, -0.05) is 53.2 Å². The maximum atomic E-state index is 13.3. The molecular formula is C26H36BrN3O4S. The Bertz CT molecular complexity index is 1110. The van der Waals surface area contributed by atoms with Crippen LogP contribution in [0.25, 0.3) is 0 Å². The summed E-state index contributed by atoms with van der Waals surface area (Å²) in [7, 11) is -3.52. The van der Waals surface area contributed by atoms with Gasteiger partial charge < -0.3 is 10.2 Å². The van der Waals surface area contributed by atoms with Gasteiger partial charge in [-0.15, -0.1) is 0 Å². The van der Waals surface area contributed by atoms with Crippen molar-refractivity contribution in [3.63, 3.8) is 0 Å². The van der Waals surface area contributed by atoms with Crippen molar-refractivity contribution in [2.24, 2.45) is 0 Å². The van der Waals surface area contributed by atoms with Crippen LogP contribution in [0, 0.1) is 6.92 Å².